The minimum atomic E-state index is 0.355. The van der Waals surface area contributed by atoms with Crippen LogP contribution >= 0.6 is 27.5 Å². The summed E-state index contributed by atoms with van der Waals surface area (Å²) in [6, 6.07) is 3.64. The largest absolute Gasteiger partial charge is 0.250 e. The van der Waals surface area contributed by atoms with E-state index in [4.69, 9.17) is 11.6 Å². The van der Waals surface area contributed by atoms with Crippen LogP contribution in [-0.2, 0) is 0 Å². The Hall–Kier alpha value is -0.740. The first-order valence-electron chi connectivity index (χ1n) is 3.20. The van der Waals surface area contributed by atoms with Crippen LogP contribution < -0.4 is 0 Å². The second kappa shape index (κ2) is 2.95. The molecule has 12 heavy (non-hydrogen) atoms. The lowest BCUT2D eigenvalue weighted by atomic mass is 10.4. The van der Waals surface area contributed by atoms with E-state index in [1.54, 1.807) is 0 Å². The van der Waals surface area contributed by atoms with Gasteiger partial charge in [-0.3, -0.25) is 0 Å². The van der Waals surface area contributed by atoms with E-state index in [0.29, 0.717) is 10.8 Å². The van der Waals surface area contributed by atoms with E-state index in [1.165, 1.54) is 6.20 Å². The highest BCUT2D eigenvalue weighted by molar-refractivity contribution is 9.10. The Kier molecular flexibility index (Phi) is 1.94. The third-order valence-corrected chi connectivity index (χ3v) is 1.97. The van der Waals surface area contributed by atoms with Crippen LogP contribution in [-0.4, -0.2) is 15.0 Å². The van der Waals surface area contributed by atoms with E-state index >= 15 is 0 Å². The predicted octanol–water partition coefficient (Wildman–Crippen LogP) is 2.44. The topological polar surface area (TPSA) is 38.7 Å². The summed E-state index contributed by atoms with van der Waals surface area (Å²) in [6.45, 7) is 0. The number of aromatic nitrogens is 3. The second-order valence-corrected chi connectivity index (χ2v) is 3.37. The number of rotatable bonds is 0. The second-order valence-electron chi connectivity index (χ2n) is 2.17. The van der Waals surface area contributed by atoms with Crippen LogP contribution in [0.4, 0.5) is 0 Å². The summed E-state index contributed by atoms with van der Waals surface area (Å²) < 4.78 is 0.728. The Bertz CT molecular complexity index is 395. The van der Waals surface area contributed by atoms with Gasteiger partial charge in [-0.15, -0.1) is 0 Å². The lowest BCUT2D eigenvalue weighted by Crippen LogP contribution is -1.87. The highest BCUT2D eigenvalue weighted by Crippen LogP contribution is 2.13. The van der Waals surface area contributed by atoms with Gasteiger partial charge in [0.05, 0.1) is 6.20 Å². The van der Waals surface area contributed by atoms with Gasteiger partial charge in [0.15, 0.2) is 5.65 Å². The molecule has 5 heteroatoms. The van der Waals surface area contributed by atoms with Crippen molar-refractivity contribution in [2.75, 3.05) is 0 Å². The Morgan fingerprint density at radius 3 is 2.92 bits per heavy atom. The first-order chi connectivity index (χ1) is 5.75. The number of halogens is 2. The van der Waals surface area contributed by atoms with Crippen LogP contribution in [0.3, 0.4) is 0 Å². The average molecular weight is 244 g/mol. The van der Waals surface area contributed by atoms with Crippen molar-refractivity contribution < 1.29 is 0 Å². The summed E-state index contributed by atoms with van der Waals surface area (Å²) in [6.07, 6.45) is 1.50. The SMILES string of the molecule is Clc1cnc2ccc(Br)nc2n1. The molecule has 0 atom stereocenters. The highest BCUT2D eigenvalue weighted by Gasteiger charge is 1.98. The maximum absolute atomic E-state index is 5.64. The summed E-state index contributed by atoms with van der Waals surface area (Å²) in [5.74, 6) is 0. The molecule has 0 radical (unpaired) electrons. The maximum atomic E-state index is 5.64. The summed E-state index contributed by atoms with van der Waals surface area (Å²) in [5, 5.41) is 0.355. The van der Waals surface area contributed by atoms with E-state index < -0.39 is 0 Å². The van der Waals surface area contributed by atoms with Crippen molar-refractivity contribution in [2.24, 2.45) is 0 Å². The quantitative estimate of drug-likeness (QED) is 0.668. The van der Waals surface area contributed by atoms with E-state index in [-0.39, 0.29) is 0 Å². The van der Waals surface area contributed by atoms with Gasteiger partial charge in [-0.05, 0) is 28.1 Å². The number of hydrogen-bond donors (Lipinski definition) is 0. The van der Waals surface area contributed by atoms with E-state index in [2.05, 4.69) is 30.9 Å². The van der Waals surface area contributed by atoms with Gasteiger partial charge in [0, 0.05) is 0 Å². The number of pyridine rings is 1. The zero-order chi connectivity index (χ0) is 8.55. The standard InChI is InChI=1S/C7H3BrClN3/c8-5-2-1-4-7(11-5)12-6(9)3-10-4/h1-3H. The van der Waals surface area contributed by atoms with E-state index in [0.717, 1.165) is 10.1 Å². The molecule has 60 valence electrons. The normalized spacial score (nSPS) is 10.5. The maximum Gasteiger partial charge on any atom is 0.180 e. The van der Waals surface area contributed by atoms with Crippen LogP contribution in [0.2, 0.25) is 5.15 Å². The molecule has 0 saturated heterocycles. The lowest BCUT2D eigenvalue weighted by molar-refractivity contribution is 1.20. The first-order valence-corrected chi connectivity index (χ1v) is 4.37. The van der Waals surface area contributed by atoms with Gasteiger partial charge < -0.3 is 0 Å². The monoisotopic (exact) mass is 243 g/mol. The molecule has 0 aliphatic carbocycles. The molecular weight excluding hydrogens is 241 g/mol. The lowest BCUT2D eigenvalue weighted by Gasteiger charge is -1.95. The van der Waals surface area contributed by atoms with Gasteiger partial charge in [-0.2, -0.15) is 0 Å². The molecule has 2 heterocycles. The minimum absolute atomic E-state index is 0.355. The van der Waals surface area contributed by atoms with Gasteiger partial charge in [-0.1, -0.05) is 11.6 Å². The van der Waals surface area contributed by atoms with Crippen LogP contribution in [0.1, 0.15) is 0 Å². The van der Waals surface area contributed by atoms with Crippen molar-refractivity contribution in [2.45, 2.75) is 0 Å². The van der Waals surface area contributed by atoms with Gasteiger partial charge >= 0.3 is 0 Å². The first kappa shape index (κ1) is 7.89. The van der Waals surface area contributed by atoms with Crippen LogP contribution in [0.25, 0.3) is 11.2 Å². The van der Waals surface area contributed by atoms with Gasteiger partial charge in [-0.25, -0.2) is 15.0 Å². The van der Waals surface area contributed by atoms with Gasteiger partial charge in [0.1, 0.15) is 15.3 Å². The predicted molar refractivity (Wildman–Crippen MR) is 50.0 cm³/mol. The molecule has 0 bridgehead atoms. The van der Waals surface area contributed by atoms with Crippen molar-refractivity contribution in [1.82, 2.24) is 15.0 Å². The fourth-order valence-corrected chi connectivity index (χ4v) is 1.28. The Labute approximate surface area is 81.9 Å². The zero-order valence-corrected chi connectivity index (χ0v) is 8.17. The molecule has 0 spiro atoms. The fraction of sp³-hybridized carbons (Fsp3) is 0. The summed E-state index contributed by atoms with van der Waals surface area (Å²) in [7, 11) is 0. The molecule has 0 amide bonds. The number of nitrogens with zero attached hydrogens (tertiary/aromatic N) is 3. The molecule has 2 aromatic heterocycles. The van der Waals surface area contributed by atoms with Crippen LogP contribution in [0.5, 0.6) is 0 Å². The molecular formula is C7H3BrClN3. The van der Waals surface area contributed by atoms with Crippen molar-refractivity contribution in [1.29, 1.82) is 0 Å². The summed E-state index contributed by atoms with van der Waals surface area (Å²) >= 11 is 8.88. The third-order valence-electron chi connectivity index (χ3n) is 1.34. The summed E-state index contributed by atoms with van der Waals surface area (Å²) in [4.78, 5) is 12.1. The van der Waals surface area contributed by atoms with Crippen molar-refractivity contribution in [3.8, 4) is 0 Å². The van der Waals surface area contributed by atoms with Crippen LogP contribution in [0.15, 0.2) is 22.9 Å². The van der Waals surface area contributed by atoms with Crippen molar-refractivity contribution in [3.05, 3.63) is 28.1 Å². The molecule has 2 rings (SSSR count). The fourth-order valence-electron chi connectivity index (χ4n) is 0.854. The molecule has 0 saturated carbocycles. The Balaban J connectivity index is 2.80. The van der Waals surface area contributed by atoms with Gasteiger partial charge in [0.25, 0.3) is 0 Å². The van der Waals surface area contributed by atoms with Crippen LogP contribution in [0, 0.1) is 0 Å². The van der Waals surface area contributed by atoms with Crippen molar-refractivity contribution in [3.63, 3.8) is 0 Å². The number of hydrogen-bond acceptors (Lipinski definition) is 3. The third kappa shape index (κ3) is 1.40. The Morgan fingerprint density at radius 2 is 2.08 bits per heavy atom. The molecule has 0 unspecified atom stereocenters. The Morgan fingerprint density at radius 1 is 1.25 bits per heavy atom. The molecule has 0 aliphatic rings. The van der Waals surface area contributed by atoms with Crippen molar-refractivity contribution >= 4 is 38.7 Å². The molecule has 0 N–H and O–H groups in total. The average Bonchev–Trinajstić information content (AvgIpc) is 2.03. The molecule has 0 aliphatic heterocycles. The highest BCUT2D eigenvalue weighted by atomic mass is 79.9. The van der Waals surface area contributed by atoms with E-state index in [9.17, 15) is 0 Å². The molecule has 2 aromatic rings. The van der Waals surface area contributed by atoms with Gasteiger partial charge in [0.2, 0.25) is 0 Å². The molecule has 3 nitrogen and oxygen atoms in total. The molecule has 0 aromatic carbocycles. The smallest absolute Gasteiger partial charge is 0.180 e. The van der Waals surface area contributed by atoms with E-state index in [1.807, 2.05) is 12.1 Å². The molecule has 0 fully saturated rings. The zero-order valence-electron chi connectivity index (χ0n) is 5.83. The number of fused-ring (bicyclic) bond motifs is 1. The summed E-state index contributed by atoms with van der Waals surface area (Å²) in [5.41, 5.74) is 1.29. The minimum Gasteiger partial charge on any atom is -0.250 e.